The van der Waals surface area contributed by atoms with E-state index in [1.54, 1.807) is 0 Å². The van der Waals surface area contributed by atoms with Crippen LogP contribution in [0.1, 0.15) is 67.1 Å². The van der Waals surface area contributed by atoms with Gasteiger partial charge >= 0.3 is 5.97 Å². The van der Waals surface area contributed by atoms with Crippen molar-refractivity contribution in [1.82, 2.24) is 4.90 Å². The van der Waals surface area contributed by atoms with E-state index < -0.39 is 23.2 Å². The van der Waals surface area contributed by atoms with Gasteiger partial charge in [0.2, 0.25) is 5.91 Å². The summed E-state index contributed by atoms with van der Waals surface area (Å²) in [5.74, 6) is -2.08. The van der Waals surface area contributed by atoms with Crippen LogP contribution in [-0.4, -0.2) is 35.0 Å². The third-order valence-electron chi connectivity index (χ3n) is 7.40. The highest BCUT2D eigenvalue weighted by Crippen LogP contribution is 2.51. The quantitative estimate of drug-likeness (QED) is 0.621. The molecule has 0 spiro atoms. The van der Waals surface area contributed by atoms with Gasteiger partial charge in [-0.15, -0.1) is 0 Å². The third kappa shape index (κ3) is 4.69. The molecule has 1 saturated heterocycles. The lowest BCUT2D eigenvalue weighted by atomic mass is 9.60. The summed E-state index contributed by atoms with van der Waals surface area (Å²) in [5, 5.41) is 11.0. The number of primary amides is 1. The largest absolute Gasteiger partial charge is 0.481 e. The van der Waals surface area contributed by atoms with Crippen LogP contribution in [0.5, 0.6) is 0 Å². The van der Waals surface area contributed by atoms with E-state index in [0.29, 0.717) is 36.3 Å². The molecule has 1 unspecified atom stereocenters. The van der Waals surface area contributed by atoms with E-state index in [0.717, 1.165) is 25.2 Å². The summed E-state index contributed by atoms with van der Waals surface area (Å²) in [6.45, 7) is 3.11. The fourth-order valence-electron chi connectivity index (χ4n) is 5.60. The normalized spacial score (nSPS) is 24.8. The van der Waals surface area contributed by atoms with Gasteiger partial charge in [0.25, 0.3) is 0 Å². The molecule has 0 aromatic heterocycles. The van der Waals surface area contributed by atoms with Crippen LogP contribution in [0.3, 0.4) is 0 Å². The number of rotatable bonds is 7. The van der Waals surface area contributed by atoms with Gasteiger partial charge in [0.1, 0.15) is 0 Å². The second-order valence-corrected chi connectivity index (χ2v) is 9.78. The van der Waals surface area contributed by atoms with Gasteiger partial charge in [-0.1, -0.05) is 48.0 Å². The first-order valence-corrected chi connectivity index (χ1v) is 11.9. The summed E-state index contributed by atoms with van der Waals surface area (Å²) in [6.07, 6.45) is 4.70. The van der Waals surface area contributed by atoms with Crippen LogP contribution in [0.15, 0.2) is 48.5 Å². The topological polar surface area (TPSA) is 83.6 Å². The number of likely N-dealkylation sites (tertiary alicyclic amines) is 1. The van der Waals surface area contributed by atoms with Gasteiger partial charge in [-0.2, -0.15) is 0 Å². The average Bonchev–Trinajstić information content (AvgIpc) is 3.29. The Morgan fingerprint density at radius 2 is 1.62 bits per heavy atom. The monoisotopic (exact) mass is 454 g/mol. The number of benzene rings is 2. The van der Waals surface area contributed by atoms with E-state index in [9.17, 15) is 14.7 Å². The van der Waals surface area contributed by atoms with Crippen LogP contribution in [0.25, 0.3) is 0 Å². The molecule has 6 heteroatoms. The Morgan fingerprint density at radius 3 is 2.16 bits per heavy atom. The Hall–Kier alpha value is -2.37. The van der Waals surface area contributed by atoms with E-state index in [1.807, 2.05) is 48.5 Å². The van der Waals surface area contributed by atoms with Crippen molar-refractivity contribution >= 4 is 23.5 Å². The van der Waals surface area contributed by atoms with Gasteiger partial charge in [-0.25, -0.2) is 0 Å². The smallest absolute Gasteiger partial charge is 0.310 e. The molecule has 3 N–H and O–H groups in total. The lowest BCUT2D eigenvalue weighted by molar-refractivity contribution is -0.155. The van der Waals surface area contributed by atoms with Crippen LogP contribution >= 0.6 is 11.6 Å². The molecule has 170 valence electrons. The fraction of sp³-hybridized carbons (Fsp3) is 0.462. The second kappa shape index (κ2) is 9.63. The van der Waals surface area contributed by atoms with Crippen LogP contribution in [0, 0.1) is 5.41 Å². The second-order valence-electron chi connectivity index (χ2n) is 9.35. The summed E-state index contributed by atoms with van der Waals surface area (Å²) in [5.41, 5.74) is 7.70. The average molecular weight is 455 g/mol. The Kier molecular flexibility index (Phi) is 6.87. The Bertz CT molecular complexity index is 944. The number of nitrogens with two attached hydrogens (primary N) is 1. The van der Waals surface area contributed by atoms with E-state index in [1.165, 1.54) is 18.4 Å². The van der Waals surface area contributed by atoms with Gasteiger partial charge in [0, 0.05) is 11.6 Å². The molecule has 0 radical (unpaired) electrons. The van der Waals surface area contributed by atoms with Crippen molar-refractivity contribution in [3.05, 3.63) is 70.2 Å². The molecule has 2 fully saturated rings. The maximum Gasteiger partial charge on any atom is 0.310 e. The Labute approximate surface area is 194 Å². The molecule has 4 rings (SSSR count). The summed E-state index contributed by atoms with van der Waals surface area (Å²) in [6, 6.07) is 15.6. The molecule has 0 bridgehead atoms. The van der Waals surface area contributed by atoms with Crippen molar-refractivity contribution in [2.24, 2.45) is 11.1 Å². The number of carboxylic acids is 1. The van der Waals surface area contributed by atoms with Crippen molar-refractivity contribution < 1.29 is 14.7 Å². The van der Waals surface area contributed by atoms with E-state index in [2.05, 4.69) is 4.90 Å². The van der Waals surface area contributed by atoms with Crippen LogP contribution in [0.4, 0.5) is 0 Å². The highest BCUT2D eigenvalue weighted by molar-refractivity contribution is 6.30. The van der Waals surface area contributed by atoms with Gasteiger partial charge < -0.3 is 10.8 Å². The van der Waals surface area contributed by atoms with Gasteiger partial charge in [0.05, 0.1) is 11.3 Å². The molecule has 1 heterocycles. The molecule has 2 aromatic rings. The fourth-order valence-corrected chi connectivity index (χ4v) is 5.72. The van der Waals surface area contributed by atoms with Gasteiger partial charge in [-0.3, -0.25) is 14.5 Å². The van der Waals surface area contributed by atoms with Crippen LogP contribution in [-0.2, 0) is 16.1 Å². The minimum atomic E-state index is -1.18. The maximum atomic E-state index is 12.6. The predicted octanol–water partition coefficient (Wildman–Crippen LogP) is 4.93. The molecule has 32 heavy (non-hydrogen) atoms. The minimum Gasteiger partial charge on any atom is -0.481 e. The molecule has 1 atom stereocenters. The lowest BCUT2D eigenvalue weighted by Crippen LogP contribution is -2.45. The summed E-state index contributed by atoms with van der Waals surface area (Å²) in [4.78, 5) is 27.6. The molecular weight excluding hydrogens is 424 g/mol. The molecule has 1 amide bonds. The number of aliphatic carboxylic acids is 1. The summed E-state index contributed by atoms with van der Waals surface area (Å²) >= 11 is 6.01. The predicted molar refractivity (Wildman–Crippen MR) is 126 cm³/mol. The van der Waals surface area contributed by atoms with Crippen molar-refractivity contribution in [3.63, 3.8) is 0 Å². The third-order valence-corrected chi connectivity index (χ3v) is 7.65. The number of hydrogen-bond acceptors (Lipinski definition) is 3. The first-order chi connectivity index (χ1) is 15.4. The summed E-state index contributed by atoms with van der Waals surface area (Å²) in [7, 11) is 0. The Morgan fingerprint density at radius 1 is 1.03 bits per heavy atom. The number of carbonyl (C=O) groups is 2. The Balaban J connectivity index is 1.54. The van der Waals surface area contributed by atoms with Gasteiger partial charge in [-0.05, 0) is 86.4 Å². The molecule has 2 aromatic carbocycles. The number of halogens is 1. The maximum absolute atomic E-state index is 12.6. The van der Waals surface area contributed by atoms with E-state index in [-0.39, 0.29) is 5.92 Å². The molecule has 1 saturated carbocycles. The standard InChI is InChI=1S/C26H31ClN2O3/c27-22-9-7-19(8-10-22)20-11-13-26(14-12-20,25(31)32)23(24(28)30)21-5-3-18(4-6-21)17-29-15-1-2-16-29/h3-10,20,23H,1-2,11-17H2,(H2,28,30)(H,31,32). The molecule has 2 aliphatic rings. The zero-order valence-corrected chi connectivity index (χ0v) is 19.1. The van der Waals surface area contributed by atoms with Crippen LogP contribution in [0.2, 0.25) is 5.02 Å². The van der Waals surface area contributed by atoms with Gasteiger partial charge in [0.15, 0.2) is 0 Å². The van der Waals surface area contributed by atoms with Crippen molar-refractivity contribution in [2.75, 3.05) is 13.1 Å². The summed E-state index contributed by atoms with van der Waals surface area (Å²) < 4.78 is 0. The SMILES string of the molecule is NC(=O)C(c1ccc(CN2CCCC2)cc1)C1(C(=O)O)CCC(c2ccc(Cl)cc2)CC1. The molecule has 1 aliphatic heterocycles. The zero-order valence-electron chi connectivity index (χ0n) is 18.3. The highest BCUT2D eigenvalue weighted by atomic mass is 35.5. The van der Waals surface area contributed by atoms with Crippen molar-refractivity contribution in [3.8, 4) is 0 Å². The van der Waals surface area contributed by atoms with Crippen LogP contribution < -0.4 is 5.73 Å². The minimum absolute atomic E-state index is 0.260. The zero-order chi connectivity index (χ0) is 22.7. The molecule has 5 nitrogen and oxygen atoms in total. The number of hydrogen-bond donors (Lipinski definition) is 2. The van der Waals surface area contributed by atoms with Crippen molar-refractivity contribution in [2.45, 2.75) is 56.9 Å². The number of carboxylic acid groups (broad SMARTS) is 1. The molecule has 1 aliphatic carbocycles. The highest BCUT2D eigenvalue weighted by Gasteiger charge is 2.51. The first kappa shape index (κ1) is 22.8. The number of carbonyl (C=O) groups excluding carboxylic acids is 1. The lowest BCUT2D eigenvalue weighted by Gasteiger charge is -2.41. The van der Waals surface area contributed by atoms with Crippen molar-refractivity contribution in [1.29, 1.82) is 0 Å². The first-order valence-electron chi connectivity index (χ1n) is 11.5. The van der Waals surface area contributed by atoms with E-state index in [4.69, 9.17) is 17.3 Å². The molecular formula is C26H31ClN2O3. The van der Waals surface area contributed by atoms with E-state index >= 15 is 0 Å². The number of amides is 1. The number of nitrogens with zero attached hydrogens (tertiary/aromatic N) is 1.